The molecule has 0 bridgehead atoms. The molecule has 0 heterocycles. The fraction of sp³-hybridized carbons (Fsp3) is 0.350. The monoisotopic (exact) mass is 478 g/mol. The Bertz CT molecular complexity index is 1040. The number of carbonyl (C=O) groups excluding carboxylic acids is 1. The Morgan fingerprint density at radius 2 is 1.71 bits per heavy atom. The molecular formula is C20H22ClF3N2O4S. The molecule has 0 saturated heterocycles. The van der Waals surface area contributed by atoms with E-state index in [1.807, 2.05) is 0 Å². The number of amides is 1. The van der Waals surface area contributed by atoms with Crippen LogP contribution in [-0.2, 0) is 16.6 Å². The van der Waals surface area contributed by atoms with Gasteiger partial charge in [-0.2, -0.15) is 4.31 Å². The number of alkyl halides is 3. The van der Waals surface area contributed by atoms with Crippen LogP contribution < -0.4 is 4.74 Å². The van der Waals surface area contributed by atoms with Gasteiger partial charge in [0, 0.05) is 32.2 Å². The van der Waals surface area contributed by atoms with Crippen molar-refractivity contribution >= 4 is 27.5 Å². The molecule has 0 aliphatic carbocycles. The van der Waals surface area contributed by atoms with Crippen LogP contribution >= 0.6 is 11.6 Å². The van der Waals surface area contributed by atoms with Crippen molar-refractivity contribution in [3.05, 3.63) is 58.6 Å². The van der Waals surface area contributed by atoms with Gasteiger partial charge >= 0.3 is 6.36 Å². The first-order chi connectivity index (χ1) is 14.4. The summed E-state index contributed by atoms with van der Waals surface area (Å²) in [4.78, 5) is 14.0. The van der Waals surface area contributed by atoms with E-state index in [-0.39, 0.29) is 40.7 Å². The third-order valence-corrected chi connectivity index (χ3v) is 6.84. The fourth-order valence-electron chi connectivity index (χ4n) is 2.93. The Labute approximate surface area is 184 Å². The van der Waals surface area contributed by atoms with Crippen LogP contribution in [0.4, 0.5) is 13.2 Å². The molecule has 2 aromatic carbocycles. The van der Waals surface area contributed by atoms with E-state index in [2.05, 4.69) is 4.74 Å². The maximum atomic E-state index is 12.9. The minimum Gasteiger partial charge on any atom is -0.405 e. The van der Waals surface area contributed by atoms with Gasteiger partial charge in [-0.3, -0.25) is 4.79 Å². The van der Waals surface area contributed by atoms with E-state index in [0.29, 0.717) is 0 Å². The van der Waals surface area contributed by atoms with Crippen LogP contribution in [0.1, 0.15) is 29.8 Å². The second-order valence-corrected chi connectivity index (χ2v) is 8.89. The van der Waals surface area contributed by atoms with E-state index in [1.165, 1.54) is 47.8 Å². The molecule has 0 aromatic heterocycles. The lowest BCUT2D eigenvalue weighted by molar-refractivity contribution is -0.275. The molecule has 0 aliphatic rings. The molecule has 31 heavy (non-hydrogen) atoms. The normalized spacial score (nSPS) is 12.1. The first kappa shape index (κ1) is 25.0. The van der Waals surface area contributed by atoms with Gasteiger partial charge in [0.2, 0.25) is 10.0 Å². The average Bonchev–Trinajstić information content (AvgIpc) is 2.68. The van der Waals surface area contributed by atoms with Crippen molar-refractivity contribution in [2.75, 3.05) is 20.1 Å². The number of hydrogen-bond acceptors (Lipinski definition) is 4. The summed E-state index contributed by atoms with van der Waals surface area (Å²) in [6, 6.07) is 9.22. The van der Waals surface area contributed by atoms with Crippen molar-refractivity contribution in [2.24, 2.45) is 0 Å². The number of carbonyl (C=O) groups is 1. The molecule has 6 nitrogen and oxygen atoms in total. The van der Waals surface area contributed by atoms with Gasteiger partial charge in [0.1, 0.15) is 5.75 Å². The van der Waals surface area contributed by atoms with Gasteiger partial charge in [0.15, 0.2) is 0 Å². The molecule has 0 saturated carbocycles. The highest BCUT2D eigenvalue weighted by molar-refractivity contribution is 7.89. The number of hydrogen-bond donors (Lipinski definition) is 0. The van der Waals surface area contributed by atoms with Crippen LogP contribution in [0, 0.1) is 0 Å². The molecule has 0 N–H and O–H groups in total. The number of benzene rings is 2. The number of halogens is 4. The van der Waals surface area contributed by atoms with Crippen molar-refractivity contribution in [3.63, 3.8) is 0 Å². The van der Waals surface area contributed by atoms with Crippen LogP contribution in [0.15, 0.2) is 47.4 Å². The second kappa shape index (κ2) is 9.88. The maximum absolute atomic E-state index is 12.9. The molecule has 0 spiro atoms. The van der Waals surface area contributed by atoms with Crippen LogP contribution in [0.2, 0.25) is 5.02 Å². The Balaban J connectivity index is 2.34. The first-order valence-electron chi connectivity index (χ1n) is 9.29. The van der Waals surface area contributed by atoms with Crippen molar-refractivity contribution in [3.8, 4) is 5.75 Å². The van der Waals surface area contributed by atoms with E-state index < -0.39 is 28.0 Å². The van der Waals surface area contributed by atoms with E-state index in [4.69, 9.17) is 11.6 Å². The lowest BCUT2D eigenvalue weighted by Gasteiger charge is -2.22. The van der Waals surface area contributed by atoms with Gasteiger partial charge < -0.3 is 9.64 Å². The van der Waals surface area contributed by atoms with Crippen molar-refractivity contribution < 1.29 is 31.1 Å². The summed E-state index contributed by atoms with van der Waals surface area (Å²) in [6.45, 7) is 3.67. The topological polar surface area (TPSA) is 66.9 Å². The predicted octanol–water partition coefficient (Wildman–Crippen LogP) is 4.54. The molecule has 0 aliphatic heterocycles. The Kier molecular flexibility index (Phi) is 7.96. The smallest absolute Gasteiger partial charge is 0.405 e. The third-order valence-electron chi connectivity index (χ3n) is 4.46. The average molecular weight is 479 g/mol. The second-order valence-electron chi connectivity index (χ2n) is 6.55. The Hall–Kier alpha value is -2.30. The molecule has 0 unspecified atom stereocenters. The summed E-state index contributed by atoms with van der Waals surface area (Å²) < 4.78 is 68.7. The molecule has 2 aromatic rings. The molecule has 0 atom stereocenters. The van der Waals surface area contributed by atoms with Crippen LogP contribution in [0.25, 0.3) is 0 Å². The number of nitrogens with zero attached hydrogens (tertiary/aromatic N) is 2. The molecule has 0 radical (unpaired) electrons. The van der Waals surface area contributed by atoms with Crippen molar-refractivity contribution in [1.82, 2.24) is 9.21 Å². The van der Waals surface area contributed by atoms with Gasteiger partial charge in [-0.05, 0) is 24.3 Å². The number of rotatable bonds is 8. The molecule has 2 rings (SSSR count). The maximum Gasteiger partial charge on any atom is 0.573 e. The molecule has 1 amide bonds. The lowest BCUT2D eigenvalue weighted by Crippen LogP contribution is -2.31. The van der Waals surface area contributed by atoms with E-state index in [1.54, 1.807) is 13.8 Å². The van der Waals surface area contributed by atoms with Crippen molar-refractivity contribution in [2.45, 2.75) is 31.7 Å². The third kappa shape index (κ3) is 6.11. The lowest BCUT2D eigenvalue weighted by atomic mass is 10.1. The quantitative estimate of drug-likeness (QED) is 0.558. The summed E-state index contributed by atoms with van der Waals surface area (Å²) in [6.07, 6.45) is -4.88. The summed E-state index contributed by atoms with van der Waals surface area (Å²) >= 11 is 6.12. The minimum atomic E-state index is -4.88. The van der Waals surface area contributed by atoms with Gasteiger partial charge in [-0.15, -0.1) is 13.2 Å². The highest BCUT2D eigenvalue weighted by Crippen LogP contribution is 2.28. The standard InChI is InChI=1S/C20H22ClF3N2O4S/c1-4-26(5-2)31(28,29)15-10-11-17(21)16(12-15)19(27)25(3)13-14-8-6-7-9-18(14)30-20(22,23)24/h6-12H,4-5,13H2,1-3H3. The predicted molar refractivity (Wildman–Crippen MR) is 110 cm³/mol. The largest absolute Gasteiger partial charge is 0.573 e. The minimum absolute atomic E-state index is 0.0233. The number of sulfonamides is 1. The van der Waals surface area contributed by atoms with Crippen LogP contribution in [-0.4, -0.2) is 50.0 Å². The first-order valence-corrected chi connectivity index (χ1v) is 11.1. The number of ether oxygens (including phenoxy) is 1. The Morgan fingerprint density at radius 1 is 1.10 bits per heavy atom. The molecule has 0 fully saturated rings. The van der Waals surface area contributed by atoms with Gasteiger partial charge in [-0.1, -0.05) is 43.6 Å². The Morgan fingerprint density at radius 3 is 2.29 bits per heavy atom. The summed E-state index contributed by atoms with van der Waals surface area (Å²) in [5, 5.41) is 0.0233. The summed E-state index contributed by atoms with van der Waals surface area (Å²) in [5.41, 5.74) is 0.0466. The van der Waals surface area contributed by atoms with E-state index >= 15 is 0 Å². The summed E-state index contributed by atoms with van der Waals surface area (Å²) in [5.74, 6) is -1.08. The van der Waals surface area contributed by atoms with Crippen molar-refractivity contribution in [1.29, 1.82) is 0 Å². The molecule has 11 heteroatoms. The SMILES string of the molecule is CCN(CC)S(=O)(=O)c1ccc(Cl)c(C(=O)N(C)Cc2ccccc2OC(F)(F)F)c1. The highest BCUT2D eigenvalue weighted by atomic mass is 35.5. The summed E-state index contributed by atoms with van der Waals surface area (Å²) in [7, 11) is -2.46. The number of para-hydroxylation sites is 1. The van der Waals surface area contributed by atoms with Crippen LogP contribution in [0.3, 0.4) is 0 Å². The van der Waals surface area contributed by atoms with Crippen LogP contribution in [0.5, 0.6) is 5.75 Å². The van der Waals surface area contributed by atoms with Gasteiger partial charge in [0.05, 0.1) is 15.5 Å². The molecule has 170 valence electrons. The van der Waals surface area contributed by atoms with Gasteiger partial charge in [0.25, 0.3) is 5.91 Å². The van der Waals surface area contributed by atoms with E-state index in [0.717, 1.165) is 11.0 Å². The van der Waals surface area contributed by atoms with E-state index in [9.17, 15) is 26.4 Å². The zero-order valence-corrected chi connectivity index (χ0v) is 18.7. The highest BCUT2D eigenvalue weighted by Gasteiger charge is 2.32. The van der Waals surface area contributed by atoms with Gasteiger partial charge in [-0.25, -0.2) is 8.42 Å². The zero-order valence-electron chi connectivity index (χ0n) is 17.1. The fourth-order valence-corrected chi connectivity index (χ4v) is 4.62. The molecular weight excluding hydrogens is 457 g/mol. The zero-order chi connectivity index (χ0) is 23.4.